The zero-order valence-corrected chi connectivity index (χ0v) is 6.20. The minimum Gasteiger partial charge on any atom is -0.481 e. The summed E-state index contributed by atoms with van der Waals surface area (Å²) in [5.74, 6) is 0.445. The normalized spacial score (nSPS) is 8.36. The van der Waals surface area contributed by atoms with Gasteiger partial charge in [0.25, 0.3) is 5.91 Å². The van der Waals surface area contributed by atoms with Crippen LogP contribution in [0.1, 0.15) is 6.42 Å². The maximum absolute atomic E-state index is 10.6. The summed E-state index contributed by atoms with van der Waals surface area (Å²) in [4.78, 5) is 21.8. The number of hydrogen-bond acceptors (Lipinski definition) is 2. The Kier molecular flexibility index (Phi) is 3.75. The number of carboxylic acids is 1. The van der Waals surface area contributed by atoms with Gasteiger partial charge in [-0.25, -0.2) is 0 Å². The number of carbonyl (C=O) groups is 2. The minimum atomic E-state index is -0.943. The van der Waals surface area contributed by atoms with E-state index in [2.05, 4.69) is 0 Å². The molecule has 4 heteroatoms. The maximum atomic E-state index is 10.6. The third-order valence-electron chi connectivity index (χ3n) is 1.13. The average molecular weight is 155 g/mol. The van der Waals surface area contributed by atoms with E-state index in [0.717, 1.165) is 0 Å². The molecule has 0 heterocycles. The lowest BCUT2D eigenvalue weighted by atomic mass is 10.4. The van der Waals surface area contributed by atoms with Crippen LogP contribution < -0.4 is 0 Å². The molecule has 0 fully saturated rings. The van der Waals surface area contributed by atoms with Crippen LogP contribution in [0.5, 0.6) is 0 Å². The van der Waals surface area contributed by atoms with Crippen molar-refractivity contribution < 1.29 is 14.7 Å². The molecule has 0 aromatic heterocycles. The Morgan fingerprint density at radius 1 is 1.64 bits per heavy atom. The molecular weight excluding hydrogens is 146 g/mol. The van der Waals surface area contributed by atoms with Gasteiger partial charge in [0, 0.05) is 13.6 Å². The summed E-state index contributed by atoms with van der Waals surface area (Å²) in [6.45, 7) is 0.151. The molecule has 0 aliphatic rings. The lowest BCUT2D eigenvalue weighted by Gasteiger charge is -2.10. The highest BCUT2D eigenvalue weighted by Gasteiger charge is 2.05. The second-order valence-electron chi connectivity index (χ2n) is 2.01. The van der Waals surface area contributed by atoms with Crippen LogP contribution in [0.4, 0.5) is 0 Å². The monoisotopic (exact) mass is 155 g/mol. The van der Waals surface area contributed by atoms with E-state index < -0.39 is 11.9 Å². The summed E-state index contributed by atoms with van der Waals surface area (Å²) in [6, 6.07) is 0. The van der Waals surface area contributed by atoms with Crippen LogP contribution in [0, 0.1) is 12.3 Å². The van der Waals surface area contributed by atoms with Gasteiger partial charge >= 0.3 is 5.97 Å². The molecule has 0 aromatic rings. The molecular formula is C7H9NO3. The van der Waals surface area contributed by atoms with Crippen molar-refractivity contribution in [1.29, 1.82) is 0 Å². The van der Waals surface area contributed by atoms with Gasteiger partial charge in [-0.15, -0.1) is 6.42 Å². The number of hydrogen-bond donors (Lipinski definition) is 1. The summed E-state index contributed by atoms with van der Waals surface area (Å²) in [5.41, 5.74) is 0. The number of carbonyl (C=O) groups excluding carboxylic acids is 1. The highest BCUT2D eigenvalue weighted by Crippen LogP contribution is 1.87. The number of terminal acetylenes is 1. The summed E-state index contributed by atoms with van der Waals surface area (Å²) < 4.78 is 0. The largest absolute Gasteiger partial charge is 0.481 e. The first-order chi connectivity index (χ1) is 5.07. The van der Waals surface area contributed by atoms with Crippen molar-refractivity contribution in [2.75, 3.05) is 13.6 Å². The third kappa shape index (κ3) is 3.98. The molecule has 1 N–H and O–H groups in total. The van der Waals surface area contributed by atoms with E-state index in [4.69, 9.17) is 11.5 Å². The summed E-state index contributed by atoms with van der Waals surface area (Å²) in [5, 5.41) is 8.23. The second-order valence-corrected chi connectivity index (χ2v) is 2.01. The molecule has 0 saturated heterocycles. The van der Waals surface area contributed by atoms with Gasteiger partial charge in [-0.2, -0.15) is 0 Å². The number of rotatable bonds is 3. The fraction of sp³-hybridized carbons (Fsp3) is 0.429. The SMILES string of the molecule is C#CC(=O)N(C)CCC(=O)O. The van der Waals surface area contributed by atoms with E-state index in [1.165, 1.54) is 11.9 Å². The second kappa shape index (κ2) is 4.34. The van der Waals surface area contributed by atoms with Crippen LogP contribution in [0.15, 0.2) is 0 Å². The first kappa shape index (κ1) is 9.50. The van der Waals surface area contributed by atoms with Gasteiger partial charge in [0.1, 0.15) is 0 Å². The Morgan fingerprint density at radius 3 is 2.55 bits per heavy atom. The molecule has 4 nitrogen and oxygen atoms in total. The fourth-order valence-corrected chi connectivity index (χ4v) is 0.475. The molecule has 0 aliphatic heterocycles. The van der Waals surface area contributed by atoms with E-state index in [9.17, 15) is 9.59 Å². The van der Waals surface area contributed by atoms with Gasteiger partial charge < -0.3 is 10.0 Å². The molecule has 0 aromatic carbocycles. The number of carboxylic acid groups (broad SMARTS) is 1. The molecule has 1 amide bonds. The highest BCUT2D eigenvalue weighted by atomic mass is 16.4. The number of amides is 1. The van der Waals surface area contributed by atoms with Crippen LogP contribution in [0.2, 0.25) is 0 Å². The Labute approximate surface area is 64.8 Å². The van der Waals surface area contributed by atoms with Crippen molar-refractivity contribution in [1.82, 2.24) is 4.90 Å². The molecule has 0 saturated carbocycles. The Morgan fingerprint density at radius 2 is 2.18 bits per heavy atom. The molecule has 0 aliphatic carbocycles. The van der Waals surface area contributed by atoms with Crippen LogP contribution in [0.25, 0.3) is 0 Å². The summed E-state index contributed by atoms with van der Waals surface area (Å²) in [7, 11) is 1.46. The third-order valence-corrected chi connectivity index (χ3v) is 1.13. The molecule has 11 heavy (non-hydrogen) atoms. The van der Waals surface area contributed by atoms with Gasteiger partial charge in [0.05, 0.1) is 6.42 Å². The number of nitrogens with zero attached hydrogens (tertiary/aromatic N) is 1. The molecule has 0 bridgehead atoms. The predicted octanol–water partition coefficient (Wildman–Crippen LogP) is -0.447. The van der Waals surface area contributed by atoms with E-state index in [-0.39, 0.29) is 13.0 Å². The Balaban J connectivity index is 3.71. The van der Waals surface area contributed by atoms with Crippen LogP contribution in [-0.4, -0.2) is 35.5 Å². The smallest absolute Gasteiger partial charge is 0.305 e. The van der Waals surface area contributed by atoms with Crippen molar-refractivity contribution in [3.63, 3.8) is 0 Å². The average Bonchev–Trinajstić information content (AvgIpc) is 1.98. The minimum absolute atomic E-state index is 0.0794. The van der Waals surface area contributed by atoms with Crippen LogP contribution >= 0.6 is 0 Å². The maximum Gasteiger partial charge on any atom is 0.305 e. The molecule has 0 rings (SSSR count). The first-order valence-electron chi connectivity index (χ1n) is 3.01. The van der Waals surface area contributed by atoms with E-state index in [1.54, 1.807) is 0 Å². The topological polar surface area (TPSA) is 57.6 Å². The zero-order valence-electron chi connectivity index (χ0n) is 6.20. The highest BCUT2D eigenvalue weighted by molar-refractivity contribution is 5.92. The molecule has 0 spiro atoms. The Hall–Kier alpha value is -1.50. The fourth-order valence-electron chi connectivity index (χ4n) is 0.475. The van der Waals surface area contributed by atoms with E-state index in [1.807, 2.05) is 5.92 Å². The first-order valence-corrected chi connectivity index (χ1v) is 3.01. The predicted molar refractivity (Wildman–Crippen MR) is 38.7 cm³/mol. The van der Waals surface area contributed by atoms with E-state index >= 15 is 0 Å². The van der Waals surface area contributed by atoms with Gasteiger partial charge in [-0.05, 0) is 5.92 Å². The lowest BCUT2D eigenvalue weighted by molar-refractivity contribution is -0.137. The van der Waals surface area contributed by atoms with Crippen LogP contribution in [-0.2, 0) is 9.59 Å². The van der Waals surface area contributed by atoms with Gasteiger partial charge in [0.2, 0.25) is 0 Å². The molecule has 0 unspecified atom stereocenters. The number of aliphatic carboxylic acids is 1. The zero-order chi connectivity index (χ0) is 8.85. The molecule has 60 valence electrons. The van der Waals surface area contributed by atoms with Crippen molar-refractivity contribution >= 4 is 11.9 Å². The molecule has 0 atom stereocenters. The van der Waals surface area contributed by atoms with E-state index in [0.29, 0.717) is 0 Å². The van der Waals surface area contributed by atoms with Gasteiger partial charge in [-0.3, -0.25) is 9.59 Å². The van der Waals surface area contributed by atoms with Crippen molar-refractivity contribution in [2.45, 2.75) is 6.42 Å². The van der Waals surface area contributed by atoms with Crippen LogP contribution in [0.3, 0.4) is 0 Å². The summed E-state index contributed by atoms with van der Waals surface area (Å²) in [6.07, 6.45) is 4.71. The Bertz CT molecular complexity index is 204. The van der Waals surface area contributed by atoms with Gasteiger partial charge in [0.15, 0.2) is 0 Å². The summed E-state index contributed by atoms with van der Waals surface area (Å²) >= 11 is 0. The van der Waals surface area contributed by atoms with Gasteiger partial charge in [-0.1, -0.05) is 0 Å². The standard InChI is InChI=1S/C7H9NO3/c1-3-6(9)8(2)5-4-7(10)11/h1H,4-5H2,2H3,(H,10,11). The quantitative estimate of drug-likeness (QED) is 0.562. The molecule has 0 radical (unpaired) electrons. The lowest BCUT2D eigenvalue weighted by Crippen LogP contribution is -2.27. The van der Waals surface area contributed by atoms with Crippen molar-refractivity contribution in [3.05, 3.63) is 0 Å². The van der Waals surface area contributed by atoms with Crippen molar-refractivity contribution in [2.24, 2.45) is 0 Å². The van der Waals surface area contributed by atoms with Crippen molar-refractivity contribution in [3.8, 4) is 12.3 Å².